The molecule has 0 unspecified atom stereocenters. The van der Waals surface area contributed by atoms with Crippen LogP contribution in [0, 0.1) is 0 Å². The van der Waals surface area contributed by atoms with E-state index in [9.17, 15) is 9.59 Å². The predicted octanol–water partition coefficient (Wildman–Crippen LogP) is 2.25. The van der Waals surface area contributed by atoms with E-state index in [0.717, 1.165) is 5.56 Å². The van der Waals surface area contributed by atoms with Gasteiger partial charge in [0.2, 0.25) is 0 Å². The highest BCUT2D eigenvalue weighted by atomic mass is 32.2. The minimum absolute atomic E-state index is 0.0142. The molecule has 19 heavy (non-hydrogen) atoms. The third-order valence-electron chi connectivity index (χ3n) is 3.45. The van der Waals surface area contributed by atoms with Gasteiger partial charge in [-0.15, -0.1) is 0 Å². The first kappa shape index (κ1) is 14.0. The summed E-state index contributed by atoms with van der Waals surface area (Å²) >= 11 is 0. The number of hydrogen-bond donors (Lipinski definition) is 0. The SMILES string of the molecule is C[C@H](c1ccccc1)N1CCC(=O)C(=S(C)C)C1=O. The maximum absolute atomic E-state index is 12.5. The molecule has 1 aliphatic heterocycles. The second-order valence-corrected chi connectivity index (χ2v) is 6.95. The number of Topliss-reactive ketones (excluding diaryl/α,β-unsaturated/α-hetero) is 1. The lowest BCUT2D eigenvalue weighted by molar-refractivity contribution is -0.129. The highest BCUT2D eigenvalue weighted by molar-refractivity contribution is 8.16. The molecule has 1 saturated heterocycles. The van der Waals surface area contributed by atoms with Crippen LogP contribution in [0.15, 0.2) is 30.3 Å². The fourth-order valence-corrected chi connectivity index (χ4v) is 3.39. The lowest BCUT2D eigenvalue weighted by atomic mass is 10.0. The van der Waals surface area contributed by atoms with Gasteiger partial charge in [0.1, 0.15) is 4.86 Å². The normalized spacial score (nSPS) is 18.1. The Morgan fingerprint density at radius 2 is 1.79 bits per heavy atom. The van der Waals surface area contributed by atoms with Crippen molar-refractivity contribution in [2.75, 3.05) is 19.1 Å². The van der Waals surface area contributed by atoms with Crippen LogP contribution >= 0.6 is 10.5 Å². The summed E-state index contributed by atoms with van der Waals surface area (Å²) in [5, 5.41) is 0. The van der Waals surface area contributed by atoms with Crippen molar-refractivity contribution in [1.29, 1.82) is 0 Å². The molecular formula is C15H19NO2S. The monoisotopic (exact) mass is 277 g/mol. The summed E-state index contributed by atoms with van der Waals surface area (Å²) in [5.41, 5.74) is 1.11. The molecular weight excluding hydrogens is 258 g/mol. The standard InChI is InChI=1S/C15H19NO2S/c1-11(12-7-5-4-6-8-12)16-10-9-13(17)14(15(16)18)19(2)3/h4-8,11H,9-10H2,1-3H3/t11-/m1/s1. The van der Waals surface area contributed by atoms with Gasteiger partial charge in [-0.25, -0.2) is 0 Å². The lowest BCUT2D eigenvalue weighted by Gasteiger charge is -2.33. The van der Waals surface area contributed by atoms with Crippen LogP contribution in [0.2, 0.25) is 0 Å². The highest BCUT2D eigenvalue weighted by Crippen LogP contribution is 2.25. The largest absolute Gasteiger partial charge is 0.331 e. The molecule has 0 radical (unpaired) electrons. The molecule has 0 spiro atoms. The summed E-state index contributed by atoms with van der Waals surface area (Å²) in [6.07, 6.45) is 4.31. The summed E-state index contributed by atoms with van der Waals surface area (Å²) in [6, 6.07) is 9.96. The number of nitrogens with zero attached hydrogens (tertiary/aromatic N) is 1. The number of benzene rings is 1. The lowest BCUT2D eigenvalue weighted by Crippen LogP contribution is -2.47. The molecule has 2 rings (SSSR count). The molecule has 0 saturated carbocycles. The second-order valence-electron chi connectivity index (χ2n) is 4.90. The Labute approximate surface area is 116 Å². The van der Waals surface area contributed by atoms with E-state index in [2.05, 4.69) is 0 Å². The zero-order valence-electron chi connectivity index (χ0n) is 11.6. The summed E-state index contributed by atoms with van der Waals surface area (Å²) in [6.45, 7) is 2.54. The molecule has 1 aromatic rings. The van der Waals surface area contributed by atoms with E-state index in [1.54, 1.807) is 0 Å². The minimum atomic E-state index is -0.280. The van der Waals surface area contributed by atoms with Crippen LogP contribution in [0.25, 0.3) is 0 Å². The molecule has 4 heteroatoms. The highest BCUT2D eigenvalue weighted by Gasteiger charge is 2.33. The van der Waals surface area contributed by atoms with Crippen LogP contribution in [0.3, 0.4) is 0 Å². The Kier molecular flexibility index (Phi) is 4.20. The Morgan fingerprint density at radius 1 is 1.16 bits per heavy atom. The van der Waals surface area contributed by atoms with E-state index in [0.29, 0.717) is 17.8 Å². The van der Waals surface area contributed by atoms with Gasteiger partial charge in [0.25, 0.3) is 5.91 Å². The minimum Gasteiger partial charge on any atom is -0.331 e. The van der Waals surface area contributed by atoms with Gasteiger partial charge >= 0.3 is 0 Å². The van der Waals surface area contributed by atoms with Crippen LogP contribution in [0.5, 0.6) is 0 Å². The number of carbonyl (C=O) groups is 2. The van der Waals surface area contributed by atoms with Crippen molar-refractivity contribution in [3.63, 3.8) is 0 Å². The molecule has 1 heterocycles. The third-order valence-corrected chi connectivity index (χ3v) is 4.66. The van der Waals surface area contributed by atoms with Crippen molar-refractivity contribution in [3.05, 3.63) is 35.9 Å². The molecule has 1 aliphatic rings. The van der Waals surface area contributed by atoms with Gasteiger partial charge in [0, 0.05) is 13.0 Å². The third kappa shape index (κ3) is 2.78. The van der Waals surface area contributed by atoms with Crippen LogP contribution in [0.4, 0.5) is 0 Å². The predicted molar refractivity (Wildman–Crippen MR) is 80.6 cm³/mol. The van der Waals surface area contributed by atoms with Gasteiger partial charge in [0.05, 0.1) is 6.04 Å². The molecule has 0 aromatic heterocycles. The van der Waals surface area contributed by atoms with Gasteiger partial charge in [-0.05, 0) is 25.0 Å². The number of ketones is 1. The number of rotatable bonds is 2. The van der Waals surface area contributed by atoms with E-state index >= 15 is 0 Å². The van der Waals surface area contributed by atoms with Crippen LogP contribution in [0.1, 0.15) is 24.9 Å². The van der Waals surface area contributed by atoms with Gasteiger partial charge in [0.15, 0.2) is 5.78 Å². The maximum Gasteiger partial charge on any atom is 0.263 e. The van der Waals surface area contributed by atoms with E-state index in [1.807, 2.05) is 54.7 Å². The molecule has 1 fully saturated rings. The van der Waals surface area contributed by atoms with Gasteiger partial charge < -0.3 is 4.90 Å². The van der Waals surface area contributed by atoms with Crippen molar-refractivity contribution < 1.29 is 9.59 Å². The zero-order valence-corrected chi connectivity index (χ0v) is 12.4. The second kappa shape index (κ2) is 5.70. The van der Waals surface area contributed by atoms with Crippen molar-refractivity contribution >= 4 is 27.0 Å². The summed E-state index contributed by atoms with van der Waals surface area (Å²) < 4.78 is 0. The average Bonchev–Trinajstić information content (AvgIpc) is 2.39. The number of likely N-dealkylation sites (tertiary alicyclic amines) is 1. The first-order valence-electron chi connectivity index (χ1n) is 6.36. The molecule has 102 valence electrons. The van der Waals surface area contributed by atoms with Crippen LogP contribution in [-0.2, 0) is 9.59 Å². The topological polar surface area (TPSA) is 37.4 Å². The Morgan fingerprint density at radius 3 is 2.37 bits per heavy atom. The van der Waals surface area contributed by atoms with E-state index in [1.165, 1.54) is 0 Å². The van der Waals surface area contributed by atoms with E-state index in [4.69, 9.17) is 0 Å². The smallest absolute Gasteiger partial charge is 0.263 e. The first-order valence-corrected chi connectivity index (χ1v) is 8.40. The van der Waals surface area contributed by atoms with Crippen LogP contribution in [-0.4, -0.2) is 40.5 Å². The van der Waals surface area contributed by atoms with Gasteiger partial charge in [-0.2, -0.15) is 10.5 Å². The molecule has 0 N–H and O–H groups in total. The zero-order chi connectivity index (χ0) is 14.0. The number of carbonyl (C=O) groups excluding carboxylic acids is 2. The van der Waals surface area contributed by atoms with E-state index in [-0.39, 0.29) is 28.2 Å². The van der Waals surface area contributed by atoms with Gasteiger partial charge in [-0.3, -0.25) is 9.59 Å². The summed E-state index contributed by atoms with van der Waals surface area (Å²) in [4.78, 5) is 26.6. The average molecular weight is 277 g/mol. The van der Waals surface area contributed by atoms with E-state index < -0.39 is 0 Å². The quantitative estimate of drug-likeness (QED) is 0.778. The number of amides is 1. The van der Waals surface area contributed by atoms with Gasteiger partial charge in [-0.1, -0.05) is 30.3 Å². The Bertz CT molecular complexity index is 532. The van der Waals surface area contributed by atoms with Crippen molar-refractivity contribution in [1.82, 2.24) is 4.90 Å². The molecule has 0 aliphatic carbocycles. The van der Waals surface area contributed by atoms with Crippen molar-refractivity contribution in [2.45, 2.75) is 19.4 Å². The number of hydrogen-bond acceptors (Lipinski definition) is 2. The number of piperidine rings is 1. The molecule has 0 bridgehead atoms. The molecule has 3 nitrogen and oxygen atoms in total. The van der Waals surface area contributed by atoms with Crippen molar-refractivity contribution in [3.8, 4) is 0 Å². The van der Waals surface area contributed by atoms with Crippen LogP contribution < -0.4 is 0 Å². The Balaban J connectivity index is 2.29. The first-order chi connectivity index (χ1) is 9.02. The summed E-state index contributed by atoms with van der Waals surface area (Å²) in [5.74, 6) is -0.0595. The summed E-state index contributed by atoms with van der Waals surface area (Å²) in [7, 11) is -0.280. The molecule has 1 amide bonds. The maximum atomic E-state index is 12.5. The van der Waals surface area contributed by atoms with Crippen molar-refractivity contribution in [2.24, 2.45) is 0 Å². The molecule has 1 atom stereocenters. The fraction of sp³-hybridized carbons (Fsp3) is 0.400. The Hall–Kier alpha value is -1.42. The molecule has 1 aromatic carbocycles. The fourth-order valence-electron chi connectivity index (χ4n) is 2.37.